The summed E-state index contributed by atoms with van der Waals surface area (Å²) < 4.78 is 21.6. The summed E-state index contributed by atoms with van der Waals surface area (Å²) in [5.41, 5.74) is 1.37. The number of methoxy groups -OCH3 is 3. The first-order chi connectivity index (χ1) is 10.7. The average Bonchev–Trinajstić information content (AvgIpc) is 2.59. The highest BCUT2D eigenvalue weighted by Crippen LogP contribution is 2.30. The molecule has 0 fully saturated rings. The van der Waals surface area contributed by atoms with Gasteiger partial charge in [0, 0.05) is 11.6 Å². The summed E-state index contributed by atoms with van der Waals surface area (Å²) in [5, 5.41) is 8.91. The normalized spacial score (nSPS) is 9.73. The van der Waals surface area contributed by atoms with Crippen molar-refractivity contribution < 1.29 is 18.9 Å². The molecule has 0 aliphatic heterocycles. The summed E-state index contributed by atoms with van der Waals surface area (Å²) in [6.07, 6.45) is 0. The lowest BCUT2D eigenvalue weighted by molar-refractivity contribution is 0.277. The van der Waals surface area contributed by atoms with Crippen LogP contribution in [0.4, 0.5) is 0 Å². The topological polar surface area (TPSA) is 60.7 Å². The second kappa shape index (κ2) is 7.23. The zero-order valence-electron chi connectivity index (χ0n) is 12.8. The van der Waals surface area contributed by atoms with E-state index in [1.54, 1.807) is 32.4 Å². The molecule has 5 heteroatoms. The molecule has 0 N–H and O–H groups in total. The van der Waals surface area contributed by atoms with E-state index in [0.29, 0.717) is 29.4 Å². The average molecular weight is 299 g/mol. The van der Waals surface area contributed by atoms with Gasteiger partial charge < -0.3 is 18.9 Å². The Morgan fingerprint density at radius 1 is 0.864 bits per heavy atom. The van der Waals surface area contributed by atoms with Gasteiger partial charge in [0.2, 0.25) is 0 Å². The summed E-state index contributed by atoms with van der Waals surface area (Å²) in [4.78, 5) is 0. The van der Waals surface area contributed by atoms with Crippen molar-refractivity contribution >= 4 is 0 Å². The third-order valence-electron chi connectivity index (χ3n) is 3.16. The van der Waals surface area contributed by atoms with Gasteiger partial charge in [0.25, 0.3) is 0 Å². The standard InChI is InChI=1S/C17H17NO4/c1-19-14-5-7-15(20-2)13(9-14)11-22-16-6-4-12(10-18)8-17(16)21-3/h4-9H,11H2,1-3H3. The zero-order chi connectivity index (χ0) is 15.9. The fourth-order valence-corrected chi connectivity index (χ4v) is 2.01. The largest absolute Gasteiger partial charge is 0.497 e. The number of benzene rings is 2. The summed E-state index contributed by atoms with van der Waals surface area (Å²) in [7, 11) is 4.75. The van der Waals surface area contributed by atoms with Crippen molar-refractivity contribution in [3.8, 4) is 29.1 Å². The first-order valence-corrected chi connectivity index (χ1v) is 6.63. The molecule has 0 saturated heterocycles. The van der Waals surface area contributed by atoms with E-state index < -0.39 is 0 Å². The van der Waals surface area contributed by atoms with E-state index in [2.05, 4.69) is 6.07 Å². The Hall–Kier alpha value is -2.87. The van der Waals surface area contributed by atoms with Crippen molar-refractivity contribution in [1.29, 1.82) is 5.26 Å². The van der Waals surface area contributed by atoms with Crippen LogP contribution in [0.15, 0.2) is 36.4 Å². The Morgan fingerprint density at radius 3 is 2.23 bits per heavy atom. The molecular formula is C17H17NO4. The van der Waals surface area contributed by atoms with Crippen LogP contribution < -0.4 is 18.9 Å². The molecule has 0 bridgehead atoms. The van der Waals surface area contributed by atoms with Gasteiger partial charge in [0.1, 0.15) is 18.1 Å². The molecule has 0 aliphatic carbocycles. The highest BCUT2D eigenvalue weighted by Gasteiger charge is 2.09. The monoisotopic (exact) mass is 299 g/mol. The van der Waals surface area contributed by atoms with Crippen LogP contribution in [-0.4, -0.2) is 21.3 Å². The molecule has 0 heterocycles. The minimum atomic E-state index is 0.294. The molecule has 2 aromatic rings. The molecule has 2 aromatic carbocycles. The number of hydrogen-bond acceptors (Lipinski definition) is 5. The van der Waals surface area contributed by atoms with Gasteiger partial charge in [0.05, 0.1) is 33.0 Å². The van der Waals surface area contributed by atoms with Gasteiger partial charge in [-0.25, -0.2) is 0 Å². The quantitative estimate of drug-likeness (QED) is 0.820. The molecule has 0 saturated carbocycles. The Morgan fingerprint density at radius 2 is 1.59 bits per heavy atom. The predicted octanol–water partition coefficient (Wildman–Crippen LogP) is 3.16. The van der Waals surface area contributed by atoms with Crippen LogP contribution in [0.1, 0.15) is 11.1 Å². The molecule has 0 radical (unpaired) electrons. The molecule has 0 atom stereocenters. The van der Waals surface area contributed by atoms with Crippen molar-refractivity contribution in [3.05, 3.63) is 47.5 Å². The minimum Gasteiger partial charge on any atom is -0.497 e. The van der Waals surface area contributed by atoms with Crippen LogP contribution in [0.3, 0.4) is 0 Å². The molecule has 0 aromatic heterocycles. The molecule has 0 spiro atoms. The third kappa shape index (κ3) is 3.41. The molecule has 0 amide bonds. The lowest BCUT2D eigenvalue weighted by Crippen LogP contribution is -2.01. The van der Waals surface area contributed by atoms with Crippen molar-refractivity contribution in [2.75, 3.05) is 21.3 Å². The first-order valence-electron chi connectivity index (χ1n) is 6.63. The van der Waals surface area contributed by atoms with E-state index in [4.69, 9.17) is 24.2 Å². The van der Waals surface area contributed by atoms with Crippen LogP contribution in [0.25, 0.3) is 0 Å². The fourth-order valence-electron chi connectivity index (χ4n) is 2.01. The summed E-state index contributed by atoms with van der Waals surface area (Å²) in [6.45, 7) is 0.294. The van der Waals surface area contributed by atoms with E-state index in [1.165, 1.54) is 7.11 Å². The molecule has 2 rings (SSSR count). The number of nitrogens with zero attached hydrogens (tertiary/aromatic N) is 1. The van der Waals surface area contributed by atoms with Crippen molar-refractivity contribution in [3.63, 3.8) is 0 Å². The summed E-state index contributed by atoms with van der Waals surface area (Å²) in [6, 6.07) is 12.6. The smallest absolute Gasteiger partial charge is 0.162 e. The zero-order valence-corrected chi connectivity index (χ0v) is 12.8. The van der Waals surface area contributed by atoms with Crippen molar-refractivity contribution in [2.45, 2.75) is 6.61 Å². The van der Waals surface area contributed by atoms with E-state index in [-0.39, 0.29) is 0 Å². The molecule has 0 unspecified atom stereocenters. The lowest BCUT2D eigenvalue weighted by Gasteiger charge is -2.13. The summed E-state index contributed by atoms with van der Waals surface area (Å²) >= 11 is 0. The van der Waals surface area contributed by atoms with E-state index >= 15 is 0 Å². The number of hydrogen-bond donors (Lipinski definition) is 0. The minimum absolute atomic E-state index is 0.294. The maximum Gasteiger partial charge on any atom is 0.162 e. The maximum absolute atomic E-state index is 8.91. The van der Waals surface area contributed by atoms with Crippen LogP contribution in [0.5, 0.6) is 23.0 Å². The third-order valence-corrected chi connectivity index (χ3v) is 3.16. The molecule has 5 nitrogen and oxygen atoms in total. The van der Waals surface area contributed by atoms with Crippen molar-refractivity contribution in [1.82, 2.24) is 0 Å². The predicted molar refractivity (Wildman–Crippen MR) is 81.6 cm³/mol. The van der Waals surface area contributed by atoms with Gasteiger partial charge >= 0.3 is 0 Å². The second-order valence-electron chi connectivity index (χ2n) is 4.44. The number of rotatable bonds is 6. The van der Waals surface area contributed by atoms with Crippen LogP contribution in [0.2, 0.25) is 0 Å². The SMILES string of the molecule is COc1ccc(OC)c(COc2ccc(C#N)cc2OC)c1. The molecule has 22 heavy (non-hydrogen) atoms. The Balaban J connectivity index is 2.21. The van der Waals surface area contributed by atoms with E-state index in [9.17, 15) is 0 Å². The molecular weight excluding hydrogens is 282 g/mol. The van der Waals surface area contributed by atoms with Gasteiger partial charge in [-0.05, 0) is 30.3 Å². The Labute approximate surface area is 129 Å². The highest BCUT2D eigenvalue weighted by atomic mass is 16.5. The van der Waals surface area contributed by atoms with E-state index in [0.717, 1.165) is 11.3 Å². The van der Waals surface area contributed by atoms with Crippen LogP contribution in [0, 0.1) is 11.3 Å². The molecule has 114 valence electrons. The van der Waals surface area contributed by atoms with Gasteiger partial charge in [-0.3, -0.25) is 0 Å². The van der Waals surface area contributed by atoms with E-state index in [1.807, 2.05) is 18.2 Å². The number of nitriles is 1. The maximum atomic E-state index is 8.91. The fraction of sp³-hybridized carbons (Fsp3) is 0.235. The lowest BCUT2D eigenvalue weighted by atomic mass is 10.2. The van der Waals surface area contributed by atoms with Crippen molar-refractivity contribution in [2.24, 2.45) is 0 Å². The Kier molecular flexibility index (Phi) is 5.10. The van der Waals surface area contributed by atoms with Gasteiger partial charge in [-0.1, -0.05) is 0 Å². The van der Waals surface area contributed by atoms with Gasteiger partial charge in [-0.2, -0.15) is 5.26 Å². The molecule has 0 aliphatic rings. The Bertz CT molecular complexity index is 692. The summed E-state index contributed by atoms with van der Waals surface area (Å²) in [5.74, 6) is 2.52. The van der Waals surface area contributed by atoms with Gasteiger partial charge in [-0.15, -0.1) is 0 Å². The van der Waals surface area contributed by atoms with Gasteiger partial charge in [0.15, 0.2) is 11.5 Å². The number of ether oxygens (including phenoxy) is 4. The van der Waals surface area contributed by atoms with Crippen LogP contribution in [-0.2, 0) is 6.61 Å². The second-order valence-corrected chi connectivity index (χ2v) is 4.44. The first kappa shape index (κ1) is 15.5. The van der Waals surface area contributed by atoms with Crippen LogP contribution >= 0.6 is 0 Å². The highest BCUT2D eigenvalue weighted by molar-refractivity contribution is 5.47.